The van der Waals surface area contributed by atoms with Crippen molar-refractivity contribution in [3.05, 3.63) is 11.6 Å². The Hall–Kier alpha value is -1.16. The van der Waals surface area contributed by atoms with Crippen molar-refractivity contribution in [1.29, 1.82) is 0 Å². The van der Waals surface area contributed by atoms with Gasteiger partial charge in [0.2, 0.25) is 0 Å². The van der Waals surface area contributed by atoms with Gasteiger partial charge in [-0.25, -0.2) is 0 Å². The van der Waals surface area contributed by atoms with Crippen molar-refractivity contribution in [2.75, 3.05) is 5.88 Å². The van der Waals surface area contributed by atoms with Crippen molar-refractivity contribution in [2.45, 2.75) is 77.7 Å². The van der Waals surface area contributed by atoms with E-state index in [0.29, 0.717) is 30.6 Å². The number of carbonyl (C=O) groups is 3. The number of ketones is 2. The molecule has 0 aromatic heterocycles. The van der Waals surface area contributed by atoms with E-state index < -0.39 is 11.6 Å². The molecule has 0 unspecified atom stereocenters. The third-order valence-corrected chi connectivity index (χ3v) is 9.27. The molecule has 28 heavy (non-hydrogen) atoms. The quantitative estimate of drug-likeness (QED) is 0.506. The van der Waals surface area contributed by atoms with Gasteiger partial charge in [0.25, 0.3) is 0 Å². The number of fused-ring (bicyclic) bond motifs is 5. The third kappa shape index (κ3) is 2.59. The fraction of sp³-hybridized carbons (Fsp3) is 0.783. The lowest BCUT2D eigenvalue weighted by Crippen LogP contribution is -2.58. The molecule has 0 bridgehead atoms. The van der Waals surface area contributed by atoms with E-state index in [0.717, 1.165) is 38.5 Å². The standard InChI is InChI=1S/C23H31ClO4/c1-14(25)23(28-20(27)13-24)11-8-19-17-5-4-15-12-16(26)6-9-21(15,2)18(17)7-10-22(19,23)3/h12,17-19H,4-11,13H2,1-3H3/t17-,18+,19+,21+,22+,23+/m1/s1. The van der Waals surface area contributed by atoms with Gasteiger partial charge in [0.1, 0.15) is 5.88 Å². The second-order valence-corrected chi connectivity index (χ2v) is 10.2. The van der Waals surface area contributed by atoms with E-state index in [4.69, 9.17) is 16.3 Å². The Labute approximate surface area is 172 Å². The fourth-order valence-electron chi connectivity index (χ4n) is 7.60. The summed E-state index contributed by atoms with van der Waals surface area (Å²) in [5.74, 6) is 0.954. The first-order chi connectivity index (χ1) is 13.2. The third-order valence-electron chi connectivity index (χ3n) is 9.05. The molecule has 4 aliphatic carbocycles. The maximum absolute atomic E-state index is 12.8. The second kappa shape index (κ2) is 6.68. The van der Waals surface area contributed by atoms with Crippen LogP contribution in [-0.2, 0) is 19.1 Å². The van der Waals surface area contributed by atoms with E-state index in [-0.39, 0.29) is 28.3 Å². The van der Waals surface area contributed by atoms with Gasteiger partial charge < -0.3 is 4.74 Å². The monoisotopic (exact) mass is 406 g/mol. The smallest absolute Gasteiger partial charge is 0.321 e. The van der Waals surface area contributed by atoms with Gasteiger partial charge in [0.05, 0.1) is 0 Å². The molecule has 4 nitrogen and oxygen atoms in total. The minimum Gasteiger partial charge on any atom is -0.450 e. The Morgan fingerprint density at radius 2 is 1.82 bits per heavy atom. The summed E-state index contributed by atoms with van der Waals surface area (Å²) in [5, 5.41) is 0. The summed E-state index contributed by atoms with van der Waals surface area (Å²) < 4.78 is 5.83. The van der Waals surface area contributed by atoms with Crippen LogP contribution in [0.2, 0.25) is 0 Å². The van der Waals surface area contributed by atoms with E-state index in [1.54, 1.807) is 6.92 Å². The van der Waals surface area contributed by atoms with Gasteiger partial charge in [-0.05, 0) is 81.1 Å². The lowest BCUT2D eigenvalue weighted by molar-refractivity contribution is -0.187. The van der Waals surface area contributed by atoms with Gasteiger partial charge in [-0.1, -0.05) is 19.4 Å². The molecule has 0 N–H and O–H groups in total. The molecule has 4 aliphatic rings. The summed E-state index contributed by atoms with van der Waals surface area (Å²) >= 11 is 5.72. The van der Waals surface area contributed by atoms with Crippen LogP contribution in [0.25, 0.3) is 0 Å². The maximum Gasteiger partial charge on any atom is 0.321 e. The fourth-order valence-corrected chi connectivity index (χ4v) is 7.65. The van der Waals surface area contributed by atoms with Crippen LogP contribution in [0.15, 0.2) is 11.6 Å². The maximum atomic E-state index is 12.8. The normalized spacial score (nSPS) is 44.8. The minimum atomic E-state index is -1.03. The van der Waals surface area contributed by atoms with Gasteiger partial charge in [0.15, 0.2) is 17.2 Å². The van der Waals surface area contributed by atoms with Crippen LogP contribution in [0, 0.1) is 28.6 Å². The highest BCUT2D eigenvalue weighted by atomic mass is 35.5. The van der Waals surface area contributed by atoms with Gasteiger partial charge in [-0.3, -0.25) is 14.4 Å². The zero-order valence-corrected chi connectivity index (χ0v) is 17.9. The van der Waals surface area contributed by atoms with E-state index in [1.165, 1.54) is 5.57 Å². The first-order valence-corrected chi connectivity index (χ1v) is 11.2. The summed E-state index contributed by atoms with van der Waals surface area (Å²) in [7, 11) is 0. The van der Waals surface area contributed by atoms with Gasteiger partial charge >= 0.3 is 5.97 Å². The van der Waals surface area contributed by atoms with E-state index >= 15 is 0 Å². The molecule has 4 rings (SSSR count). The number of esters is 1. The van der Waals surface area contributed by atoms with Crippen LogP contribution in [-0.4, -0.2) is 29.0 Å². The first kappa shape index (κ1) is 20.1. The van der Waals surface area contributed by atoms with Crippen LogP contribution in [0.5, 0.6) is 0 Å². The zero-order valence-electron chi connectivity index (χ0n) is 17.2. The van der Waals surface area contributed by atoms with Crippen LogP contribution in [0.4, 0.5) is 0 Å². The van der Waals surface area contributed by atoms with Gasteiger partial charge in [0, 0.05) is 11.8 Å². The number of halogens is 1. The summed E-state index contributed by atoms with van der Waals surface area (Å²) in [6.45, 7) is 6.09. The first-order valence-electron chi connectivity index (χ1n) is 10.7. The molecule has 3 fully saturated rings. The molecule has 5 heteroatoms. The SMILES string of the molecule is CC(=O)[C@@]1(OC(=O)CCl)CC[C@H]2[C@@H]3CCC4=CC(=O)CC[C@]4(C)[C@H]3CC[C@@]21C. The lowest BCUT2D eigenvalue weighted by atomic mass is 9.46. The molecular formula is C23H31ClO4. The zero-order chi connectivity index (χ0) is 20.3. The number of hydrogen-bond acceptors (Lipinski definition) is 4. The second-order valence-electron chi connectivity index (χ2n) is 9.95. The van der Waals surface area contributed by atoms with Crippen LogP contribution < -0.4 is 0 Å². The van der Waals surface area contributed by atoms with Gasteiger partial charge in [-0.15, -0.1) is 11.6 Å². The van der Waals surface area contributed by atoms with Crippen LogP contribution in [0.1, 0.15) is 72.1 Å². The summed E-state index contributed by atoms with van der Waals surface area (Å²) in [6, 6.07) is 0. The van der Waals surface area contributed by atoms with E-state index in [2.05, 4.69) is 13.8 Å². The van der Waals surface area contributed by atoms with Crippen molar-refractivity contribution in [3.8, 4) is 0 Å². The molecule has 154 valence electrons. The van der Waals surface area contributed by atoms with E-state index in [1.807, 2.05) is 6.08 Å². The van der Waals surface area contributed by atoms with Crippen molar-refractivity contribution in [2.24, 2.45) is 28.6 Å². The number of Topliss-reactive ketones (excluding diaryl/α,β-unsaturated/α-hetero) is 1. The average Bonchev–Trinajstić information content (AvgIpc) is 2.95. The molecule has 0 saturated heterocycles. The van der Waals surface area contributed by atoms with Gasteiger partial charge in [-0.2, -0.15) is 0 Å². The van der Waals surface area contributed by atoms with Crippen LogP contribution in [0.3, 0.4) is 0 Å². The van der Waals surface area contributed by atoms with Crippen molar-refractivity contribution >= 4 is 29.1 Å². The molecule has 0 aliphatic heterocycles. The van der Waals surface area contributed by atoms with Crippen molar-refractivity contribution in [1.82, 2.24) is 0 Å². The highest BCUT2D eigenvalue weighted by Crippen LogP contribution is 2.68. The van der Waals surface area contributed by atoms with Crippen molar-refractivity contribution < 1.29 is 19.1 Å². The summed E-state index contributed by atoms with van der Waals surface area (Å²) in [6.07, 6.45) is 8.98. The minimum absolute atomic E-state index is 0.0414. The summed E-state index contributed by atoms with van der Waals surface area (Å²) in [5.41, 5.74) is 0.0858. The number of alkyl halides is 1. The molecule has 0 aromatic rings. The average molecular weight is 407 g/mol. The highest BCUT2D eigenvalue weighted by Gasteiger charge is 2.67. The highest BCUT2D eigenvalue weighted by molar-refractivity contribution is 6.26. The lowest BCUT2D eigenvalue weighted by Gasteiger charge is -2.59. The predicted octanol–water partition coefficient (Wildman–Crippen LogP) is 4.63. The number of ether oxygens (including phenoxy) is 1. The Balaban J connectivity index is 1.69. The van der Waals surface area contributed by atoms with Crippen LogP contribution >= 0.6 is 11.6 Å². The molecule has 0 aromatic carbocycles. The van der Waals surface area contributed by atoms with Crippen molar-refractivity contribution in [3.63, 3.8) is 0 Å². The Morgan fingerprint density at radius 3 is 2.50 bits per heavy atom. The molecular weight excluding hydrogens is 376 g/mol. The number of allylic oxidation sites excluding steroid dienone is 1. The predicted molar refractivity (Wildman–Crippen MR) is 107 cm³/mol. The number of rotatable bonds is 3. The summed E-state index contributed by atoms with van der Waals surface area (Å²) in [4.78, 5) is 36.9. The Bertz CT molecular complexity index is 758. The van der Waals surface area contributed by atoms with E-state index in [9.17, 15) is 14.4 Å². The molecule has 6 atom stereocenters. The Morgan fingerprint density at radius 1 is 1.11 bits per heavy atom. The molecule has 0 heterocycles. The molecule has 0 spiro atoms. The molecule has 0 amide bonds. The number of carbonyl (C=O) groups excluding carboxylic acids is 3. The molecule has 3 saturated carbocycles. The largest absolute Gasteiger partial charge is 0.450 e. The number of hydrogen-bond donors (Lipinski definition) is 0. The Kier molecular flexibility index (Phi) is 4.80. The molecule has 0 radical (unpaired) electrons. The topological polar surface area (TPSA) is 60.4 Å².